The van der Waals surface area contributed by atoms with Gasteiger partial charge in [0.25, 0.3) is 0 Å². The molecule has 2 aromatic rings. The lowest BCUT2D eigenvalue weighted by Gasteiger charge is -2.13. The van der Waals surface area contributed by atoms with E-state index in [-0.39, 0.29) is 11.7 Å². The van der Waals surface area contributed by atoms with Gasteiger partial charge >= 0.3 is 6.36 Å². The summed E-state index contributed by atoms with van der Waals surface area (Å²) in [6, 6.07) is 12.3. The van der Waals surface area contributed by atoms with Crippen molar-refractivity contribution in [3.63, 3.8) is 0 Å². The predicted molar refractivity (Wildman–Crippen MR) is 90.1 cm³/mol. The van der Waals surface area contributed by atoms with Crippen LogP contribution in [-0.4, -0.2) is 24.6 Å². The van der Waals surface area contributed by atoms with Crippen LogP contribution in [0.2, 0.25) is 0 Å². The van der Waals surface area contributed by atoms with Crippen molar-refractivity contribution in [2.45, 2.75) is 23.4 Å². The summed E-state index contributed by atoms with van der Waals surface area (Å²) in [5.41, 5.74) is 0.387. The van der Waals surface area contributed by atoms with Crippen LogP contribution >= 0.6 is 11.8 Å². The molecule has 134 valence electrons. The minimum atomic E-state index is -4.74. The number of carbonyl (C=O) groups excluding carboxylic acids is 1. The van der Waals surface area contributed by atoms with Gasteiger partial charge in [-0.25, -0.2) is 0 Å². The summed E-state index contributed by atoms with van der Waals surface area (Å²) in [4.78, 5) is 13.1. The first-order valence-electron chi connectivity index (χ1n) is 7.24. The fraction of sp³-hybridized carbons (Fsp3) is 0.235. The average molecular weight is 371 g/mol. The third-order valence-corrected chi connectivity index (χ3v) is 4.17. The molecule has 0 aliphatic heterocycles. The van der Waals surface area contributed by atoms with Crippen LogP contribution in [0.25, 0.3) is 0 Å². The number of halogens is 3. The quantitative estimate of drug-likeness (QED) is 0.747. The van der Waals surface area contributed by atoms with E-state index in [4.69, 9.17) is 4.74 Å². The van der Waals surface area contributed by atoms with Crippen molar-refractivity contribution in [1.82, 2.24) is 0 Å². The zero-order valence-electron chi connectivity index (χ0n) is 13.5. The van der Waals surface area contributed by atoms with Crippen molar-refractivity contribution in [1.29, 1.82) is 0 Å². The second-order valence-corrected chi connectivity index (χ2v) is 6.41. The maximum atomic E-state index is 12.2. The lowest BCUT2D eigenvalue weighted by atomic mass is 10.3. The molecule has 0 aliphatic rings. The van der Waals surface area contributed by atoms with E-state index in [0.717, 1.165) is 17.0 Å². The Kier molecular flexibility index (Phi) is 6.19. The highest BCUT2D eigenvalue weighted by Crippen LogP contribution is 2.28. The number of nitrogens with one attached hydrogen (secondary N) is 1. The van der Waals surface area contributed by atoms with Crippen molar-refractivity contribution in [3.05, 3.63) is 48.5 Å². The first-order chi connectivity index (χ1) is 11.8. The van der Waals surface area contributed by atoms with Crippen LogP contribution in [0.1, 0.15) is 6.92 Å². The SMILES string of the molecule is COc1cccc(SC(C)C(=O)Nc2ccc(OC(F)(F)F)cc2)c1. The number of hydrogen-bond donors (Lipinski definition) is 1. The Labute approximate surface area is 147 Å². The minimum Gasteiger partial charge on any atom is -0.497 e. The third kappa shape index (κ3) is 6.22. The molecule has 25 heavy (non-hydrogen) atoms. The van der Waals surface area contributed by atoms with E-state index >= 15 is 0 Å². The van der Waals surface area contributed by atoms with Crippen LogP contribution in [0.5, 0.6) is 11.5 Å². The van der Waals surface area contributed by atoms with Gasteiger partial charge < -0.3 is 14.8 Å². The second kappa shape index (κ2) is 8.15. The molecule has 1 amide bonds. The predicted octanol–water partition coefficient (Wildman–Crippen LogP) is 4.71. The Hall–Kier alpha value is -2.35. The van der Waals surface area contributed by atoms with Crippen molar-refractivity contribution in [2.24, 2.45) is 0 Å². The van der Waals surface area contributed by atoms with Gasteiger partial charge in [-0.05, 0) is 49.4 Å². The van der Waals surface area contributed by atoms with E-state index in [0.29, 0.717) is 11.4 Å². The molecule has 0 radical (unpaired) electrons. The monoisotopic (exact) mass is 371 g/mol. The maximum Gasteiger partial charge on any atom is 0.573 e. The lowest BCUT2D eigenvalue weighted by molar-refractivity contribution is -0.274. The molecule has 1 atom stereocenters. The van der Waals surface area contributed by atoms with E-state index in [1.165, 1.54) is 23.9 Å². The van der Waals surface area contributed by atoms with E-state index in [1.807, 2.05) is 18.2 Å². The van der Waals surface area contributed by atoms with Crippen LogP contribution < -0.4 is 14.8 Å². The zero-order chi connectivity index (χ0) is 18.4. The van der Waals surface area contributed by atoms with Gasteiger partial charge in [0, 0.05) is 10.6 Å². The minimum absolute atomic E-state index is 0.266. The molecular weight excluding hydrogens is 355 g/mol. The van der Waals surface area contributed by atoms with Crippen LogP contribution in [0, 0.1) is 0 Å². The Morgan fingerprint density at radius 3 is 2.40 bits per heavy atom. The van der Waals surface area contributed by atoms with Gasteiger partial charge in [-0.1, -0.05) is 6.07 Å². The number of rotatable bonds is 6. The van der Waals surface area contributed by atoms with Crippen molar-refractivity contribution in [3.8, 4) is 11.5 Å². The molecule has 0 bridgehead atoms. The highest BCUT2D eigenvalue weighted by Gasteiger charge is 2.31. The maximum absolute atomic E-state index is 12.2. The number of thioether (sulfide) groups is 1. The van der Waals surface area contributed by atoms with Gasteiger partial charge in [0.2, 0.25) is 5.91 Å². The summed E-state index contributed by atoms with van der Waals surface area (Å²) >= 11 is 1.35. The smallest absolute Gasteiger partial charge is 0.497 e. The van der Waals surface area contributed by atoms with Crippen molar-refractivity contribution >= 4 is 23.4 Å². The van der Waals surface area contributed by atoms with Gasteiger partial charge in [0.15, 0.2) is 0 Å². The number of methoxy groups -OCH3 is 1. The molecule has 2 aromatic carbocycles. The van der Waals surface area contributed by atoms with Crippen LogP contribution in [0.3, 0.4) is 0 Å². The van der Waals surface area contributed by atoms with Gasteiger partial charge in [-0.2, -0.15) is 0 Å². The summed E-state index contributed by atoms with van der Waals surface area (Å²) < 4.78 is 45.3. The highest BCUT2D eigenvalue weighted by molar-refractivity contribution is 8.00. The molecule has 0 aliphatic carbocycles. The van der Waals surface area contributed by atoms with Gasteiger partial charge in [-0.15, -0.1) is 24.9 Å². The molecule has 0 fully saturated rings. The second-order valence-electron chi connectivity index (χ2n) is 5.00. The summed E-state index contributed by atoms with van der Waals surface area (Å²) in [5.74, 6) is 0.0828. The van der Waals surface area contributed by atoms with Gasteiger partial charge in [-0.3, -0.25) is 4.79 Å². The van der Waals surface area contributed by atoms with E-state index < -0.39 is 11.6 Å². The summed E-state index contributed by atoms with van der Waals surface area (Å²) in [6.07, 6.45) is -4.74. The lowest BCUT2D eigenvalue weighted by Crippen LogP contribution is -2.22. The van der Waals surface area contributed by atoms with Crippen LogP contribution in [0.4, 0.5) is 18.9 Å². The molecule has 4 nitrogen and oxygen atoms in total. The van der Waals surface area contributed by atoms with Crippen LogP contribution in [-0.2, 0) is 4.79 Å². The first kappa shape index (κ1) is 19.0. The Morgan fingerprint density at radius 2 is 1.80 bits per heavy atom. The van der Waals surface area contributed by atoms with E-state index in [9.17, 15) is 18.0 Å². The Balaban J connectivity index is 1.94. The number of anilines is 1. The number of benzene rings is 2. The summed E-state index contributed by atoms with van der Waals surface area (Å²) in [7, 11) is 1.56. The molecule has 0 heterocycles. The molecule has 0 saturated heterocycles. The standard InChI is InChI=1S/C17H16F3NO3S/c1-11(25-15-5-3-4-14(10-15)23-2)16(22)21-12-6-8-13(9-7-12)24-17(18,19)20/h3-11H,1-2H3,(H,21,22). The molecule has 8 heteroatoms. The molecule has 2 rings (SSSR count). The number of amides is 1. The fourth-order valence-electron chi connectivity index (χ4n) is 1.92. The van der Waals surface area contributed by atoms with Crippen molar-refractivity contribution in [2.75, 3.05) is 12.4 Å². The molecule has 1 N–H and O–H groups in total. The topological polar surface area (TPSA) is 47.6 Å². The van der Waals surface area contributed by atoms with Gasteiger partial charge in [0.1, 0.15) is 11.5 Å². The molecule has 1 unspecified atom stereocenters. The molecule has 0 aromatic heterocycles. The van der Waals surface area contributed by atoms with Crippen LogP contribution in [0.15, 0.2) is 53.4 Å². The van der Waals surface area contributed by atoms with E-state index in [1.54, 1.807) is 20.1 Å². The summed E-state index contributed by atoms with van der Waals surface area (Å²) in [5, 5.41) is 2.25. The normalized spacial score (nSPS) is 12.4. The highest BCUT2D eigenvalue weighted by atomic mass is 32.2. The molecular formula is C17H16F3NO3S. The van der Waals surface area contributed by atoms with Gasteiger partial charge in [0.05, 0.1) is 12.4 Å². The largest absolute Gasteiger partial charge is 0.573 e. The number of ether oxygens (including phenoxy) is 2. The zero-order valence-corrected chi connectivity index (χ0v) is 14.3. The Bertz CT molecular complexity index is 720. The number of hydrogen-bond acceptors (Lipinski definition) is 4. The summed E-state index contributed by atoms with van der Waals surface area (Å²) in [6.45, 7) is 1.74. The number of alkyl halides is 3. The fourth-order valence-corrected chi connectivity index (χ4v) is 2.83. The average Bonchev–Trinajstić information content (AvgIpc) is 2.55. The molecule has 0 spiro atoms. The van der Waals surface area contributed by atoms with E-state index in [2.05, 4.69) is 10.1 Å². The first-order valence-corrected chi connectivity index (χ1v) is 8.12. The molecule has 0 saturated carbocycles. The Morgan fingerprint density at radius 1 is 1.12 bits per heavy atom. The van der Waals surface area contributed by atoms with Crippen molar-refractivity contribution < 1.29 is 27.4 Å². The third-order valence-electron chi connectivity index (χ3n) is 3.08. The number of carbonyl (C=O) groups is 1.